The summed E-state index contributed by atoms with van der Waals surface area (Å²) in [6, 6.07) is 0. The fraction of sp³-hybridized carbons (Fsp3) is 0.476. The van der Waals surface area contributed by atoms with Gasteiger partial charge in [0.15, 0.2) is 6.10 Å². The topological polar surface area (TPSA) is 78.9 Å². The number of ether oxygens (including phenoxy) is 3. The van der Waals surface area contributed by atoms with Gasteiger partial charge < -0.3 is 14.2 Å². The number of rotatable bonds is 44. The molecule has 0 bridgehead atoms. The molecule has 6 nitrogen and oxygen atoms in total. The van der Waals surface area contributed by atoms with E-state index in [9.17, 15) is 14.4 Å². The van der Waals surface area contributed by atoms with Crippen molar-refractivity contribution >= 4 is 17.9 Å². The van der Waals surface area contributed by atoms with Gasteiger partial charge in [0, 0.05) is 19.3 Å². The summed E-state index contributed by atoms with van der Waals surface area (Å²) in [6.07, 6.45) is 83.3. The van der Waals surface area contributed by atoms with Crippen LogP contribution in [0.15, 0.2) is 182 Å². The number of carbonyl (C=O) groups is 3. The second-order valence-electron chi connectivity index (χ2n) is 16.3. The Labute approximate surface area is 421 Å². The summed E-state index contributed by atoms with van der Waals surface area (Å²) in [5, 5.41) is 0. The van der Waals surface area contributed by atoms with Gasteiger partial charge in [0.25, 0.3) is 0 Å². The van der Waals surface area contributed by atoms with Gasteiger partial charge in [0.05, 0.1) is 0 Å². The van der Waals surface area contributed by atoms with Crippen molar-refractivity contribution in [3.8, 4) is 0 Å². The van der Waals surface area contributed by atoms with Crippen molar-refractivity contribution in [1.82, 2.24) is 0 Å². The fourth-order valence-corrected chi connectivity index (χ4v) is 6.14. The van der Waals surface area contributed by atoms with Crippen molar-refractivity contribution < 1.29 is 28.6 Å². The zero-order chi connectivity index (χ0) is 50.0. The second kappa shape index (κ2) is 55.1. The minimum atomic E-state index is -0.868. The molecule has 380 valence electrons. The normalized spacial score (nSPS) is 13.6. The molecule has 0 saturated carbocycles. The Morgan fingerprint density at radius 3 is 1.03 bits per heavy atom. The Balaban J connectivity index is 4.69. The van der Waals surface area contributed by atoms with E-state index in [0.29, 0.717) is 19.3 Å². The Morgan fingerprint density at radius 2 is 0.623 bits per heavy atom. The first-order chi connectivity index (χ1) is 34.0. The highest BCUT2D eigenvalue weighted by molar-refractivity contribution is 5.71. The van der Waals surface area contributed by atoms with Gasteiger partial charge in [0.1, 0.15) is 13.2 Å². The maximum Gasteiger partial charge on any atom is 0.306 e. The average Bonchev–Trinajstić information content (AvgIpc) is 3.35. The van der Waals surface area contributed by atoms with E-state index in [1.54, 1.807) is 0 Å². The second-order valence-corrected chi connectivity index (χ2v) is 16.3. The minimum Gasteiger partial charge on any atom is -0.462 e. The molecule has 0 aliphatic carbocycles. The van der Waals surface area contributed by atoms with Crippen LogP contribution in [0.4, 0.5) is 0 Å². The third kappa shape index (κ3) is 53.3. The highest BCUT2D eigenvalue weighted by Crippen LogP contribution is 2.10. The molecule has 0 radical (unpaired) electrons. The van der Waals surface area contributed by atoms with Crippen molar-refractivity contribution in [2.75, 3.05) is 13.2 Å². The molecule has 69 heavy (non-hydrogen) atoms. The smallest absolute Gasteiger partial charge is 0.306 e. The van der Waals surface area contributed by atoms with Crippen LogP contribution in [0.2, 0.25) is 0 Å². The number of allylic oxidation sites excluding steroid dienone is 30. The van der Waals surface area contributed by atoms with Gasteiger partial charge in [-0.1, -0.05) is 222 Å². The molecule has 0 rings (SSSR count). The maximum atomic E-state index is 12.8. The fourth-order valence-electron chi connectivity index (χ4n) is 6.14. The lowest BCUT2D eigenvalue weighted by Gasteiger charge is -2.18. The molecule has 0 aromatic carbocycles. The lowest BCUT2D eigenvalue weighted by atomic mass is 10.1. The van der Waals surface area contributed by atoms with E-state index in [2.05, 4.69) is 173 Å². The summed E-state index contributed by atoms with van der Waals surface area (Å²) in [5.41, 5.74) is 0. The number of esters is 3. The van der Waals surface area contributed by atoms with Gasteiger partial charge >= 0.3 is 17.9 Å². The molecule has 6 heteroatoms. The average molecular weight is 945 g/mol. The molecule has 0 aromatic rings. The zero-order valence-electron chi connectivity index (χ0n) is 43.2. The van der Waals surface area contributed by atoms with Crippen LogP contribution in [0, 0.1) is 0 Å². The molecule has 0 aliphatic heterocycles. The number of hydrogen-bond acceptors (Lipinski definition) is 6. The minimum absolute atomic E-state index is 0.153. The van der Waals surface area contributed by atoms with Crippen molar-refractivity contribution in [2.45, 2.75) is 181 Å². The van der Waals surface area contributed by atoms with E-state index in [1.165, 1.54) is 0 Å². The summed E-state index contributed by atoms with van der Waals surface area (Å²) >= 11 is 0. The van der Waals surface area contributed by atoms with E-state index < -0.39 is 18.0 Å². The zero-order valence-corrected chi connectivity index (χ0v) is 43.2. The summed E-state index contributed by atoms with van der Waals surface area (Å²) in [7, 11) is 0. The highest BCUT2D eigenvalue weighted by atomic mass is 16.6. The van der Waals surface area contributed by atoms with E-state index in [4.69, 9.17) is 14.2 Å². The molecule has 0 N–H and O–H groups in total. The lowest BCUT2D eigenvalue weighted by molar-refractivity contribution is -0.166. The van der Waals surface area contributed by atoms with E-state index >= 15 is 0 Å². The molecule has 0 amide bonds. The molecule has 1 unspecified atom stereocenters. The summed E-state index contributed by atoms with van der Waals surface area (Å²) < 4.78 is 16.6. The Morgan fingerprint density at radius 1 is 0.304 bits per heavy atom. The molecule has 0 spiro atoms. The van der Waals surface area contributed by atoms with E-state index in [0.717, 1.165) is 122 Å². The van der Waals surface area contributed by atoms with Crippen molar-refractivity contribution in [3.05, 3.63) is 182 Å². The molecule has 0 saturated heterocycles. The first kappa shape index (κ1) is 63.5. The first-order valence-electron chi connectivity index (χ1n) is 26.3. The first-order valence-corrected chi connectivity index (χ1v) is 26.3. The van der Waals surface area contributed by atoms with Crippen LogP contribution < -0.4 is 0 Å². The van der Waals surface area contributed by atoms with Crippen LogP contribution in [0.3, 0.4) is 0 Å². The Bertz CT molecular complexity index is 1700. The van der Waals surface area contributed by atoms with Gasteiger partial charge in [-0.25, -0.2) is 0 Å². The highest BCUT2D eigenvalue weighted by Gasteiger charge is 2.19. The Hall–Kier alpha value is -5.49. The van der Waals surface area contributed by atoms with Gasteiger partial charge in [-0.05, 0) is 116 Å². The standard InChI is InChI=1S/C63H92O6/c1-4-7-10-13-16-19-22-25-27-29-31-33-35-38-41-44-47-50-53-56-62(65)68-59-60(58-67-61(64)55-52-49-46-43-40-37-24-21-18-15-12-9-6-3)69-63(66)57-54-51-48-45-42-39-36-34-32-30-28-26-23-20-17-14-11-8-5-2/h7-12,15-21,24-28,31-34,38-39,41-42,47-48,50-51,60H,4-6,13-14,22-23,29-30,35-37,40,43-46,49,52-59H2,1-3H3/b10-7+,11-8+,12-9+,18-15+,19-16+,20-17+,24-21+,27-25+,28-26+,33-31+,34-32+,41-38+,42-39+,50-47+,51-48+. The van der Waals surface area contributed by atoms with Crippen molar-refractivity contribution in [3.63, 3.8) is 0 Å². The van der Waals surface area contributed by atoms with Crippen molar-refractivity contribution in [1.29, 1.82) is 0 Å². The molecule has 0 heterocycles. The number of unbranched alkanes of at least 4 members (excludes halogenated alkanes) is 5. The molecular formula is C63H92O6. The van der Waals surface area contributed by atoms with Gasteiger partial charge in [-0.2, -0.15) is 0 Å². The maximum absolute atomic E-state index is 12.8. The molecule has 0 fully saturated rings. The third-order valence-electron chi connectivity index (χ3n) is 9.97. The lowest BCUT2D eigenvalue weighted by Crippen LogP contribution is -2.30. The van der Waals surface area contributed by atoms with Crippen LogP contribution in [0.25, 0.3) is 0 Å². The Kier molecular flexibility index (Phi) is 50.7. The van der Waals surface area contributed by atoms with E-state index in [-0.39, 0.29) is 32.0 Å². The SMILES string of the molecule is CC/C=C/C=C/C=C/CCCCCCCC(=O)OCC(COC(=O)CC/C=C/C/C=C/C/C=C/C/C=C/C/C=C/C/C=C/CC)OC(=O)CC/C=C/C/C=C/C/C=C/C/C=C/C/C=C/C/C=C/CC. The summed E-state index contributed by atoms with van der Waals surface area (Å²) in [6.45, 7) is 6.09. The largest absolute Gasteiger partial charge is 0.462 e. The van der Waals surface area contributed by atoms with Crippen LogP contribution in [-0.2, 0) is 28.6 Å². The molecule has 0 aromatic heterocycles. The molecule has 0 aliphatic rings. The van der Waals surface area contributed by atoms with Gasteiger partial charge in [0.2, 0.25) is 0 Å². The van der Waals surface area contributed by atoms with Gasteiger partial charge in [-0.3, -0.25) is 14.4 Å². The summed E-state index contributed by atoms with van der Waals surface area (Å²) in [5.74, 6) is -1.16. The third-order valence-corrected chi connectivity index (χ3v) is 9.97. The summed E-state index contributed by atoms with van der Waals surface area (Å²) in [4.78, 5) is 38.0. The predicted molar refractivity (Wildman–Crippen MR) is 297 cm³/mol. The van der Waals surface area contributed by atoms with Gasteiger partial charge in [-0.15, -0.1) is 0 Å². The monoisotopic (exact) mass is 945 g/mol. The van der Waals surface area contributed by atoms with Crippen LogP contribution in [-0.4, -0.2) is 37.2 Å². The predicted octanol–water partition coefficient (Wildman–Crippen LogP) is 17.7. The number of hydrogen-bond donors (Lipinski definition) is 0. The molecular weight excluding hydrogens is 853 g/mol. The quantitative estimate of drug-likeness (QED) is 0.0199. The number of carbonyl (C=O) groups excluding carboxylic acids is 3. The van der Waals surface area contributed by atoms with Crippen LogP contribution in [0.5, 0.6) is 0 Å². The van der Waals surface area contributed by atoms with E-state index in [1.807, 2.05) is 30.4 Å². The van der Waals surface area contributed by atoms with Crippen molar-refractivity contribution in [2.24, 2.45) is 0 Å². The van der Waals surface area contributed by atoms with Crippen LogP contribution in [0.1, 0.15) is 175 Å². The van der Waals surface area contributed by atoms with Crippen LogP contribution >= 0.6 is 0 Å². The molecule has 1 atom stereocenters.